The molecule has 0 amide bonds. The van der Waals surface area contributed by atoms with Crippen LogP contribution >= 0.6 is 0 Å². The molecule has 1 fully saturated rings. The third-order valence-corrected chi connectivity index (χ3v) is 6.09. The molecule has 0 aromatic heterocycles. The molecule has 0 heterocycles. The lowest BCUT2D eigenvalue weighted by molar-refractivity contribution is 0.173. The van der Waals surface area contributed by atoms with Crippen molar-refractivity contribution in [3.05, 3.63) is 47.5 Å². The highest BCUT2D eigenvalue weighted by Gasteiger charge is 2.24. The lowest BCUT2D eigenvalue weighted by Crippen LogP contribution is -2.20. The second-order valence-electron chi connectivity index (χ2n) is 8.25. The number of benzene rings is 2. The predicted octanol–water partition coefficient (Wildman–Crippen LogP) is 7.68. The minimum Gasteiger partial charge on any atom is -0.491 e. The van der Waals surface area contributed by atoms with E-state index < -0.39 is 23.3 Å². The van der Waals surface area contributed by atoms with Crippen LogP contribution in [0.25, 0.3) is 11.1 Å². The van der Waals surface area contributed by atoms with E-state index in [1.54, 1.807) is 6.92 Å². The molecule has 1 saturated carbocycles. The first-order valence-electron chi connectivity index (χ1n) is 11.2. The summed E-state index contributed by atoms with van der Waals surface area (Å²) >= 11 is 0. The van der Waals surface area contributed by atoms with Crippen molar-refractivity contribution < 1.29 is 27.0 Å². The Bertz CT molecular complexity index is 876. The van der Waals surface area contributed by atoms with Gasteiger partial charge in [-0.2, -0.15) is 8.78 Å². The van der Waals surface area contributed by atoms with E-state index in [0.29, 0.717) is 12.5 Å². The van der Waals surface area contributed by atoms with Crippen molar-refractivity contribution in [2.45, 2.75) is 58.8 Å². The fourth-order valence-corrected chi connectivity index (χ4v) is 4.25. The third kappa shape index (κ3) is 5.52. The van der Waals surface area contributed by atoms with Gasteiger partial charge in [0.15, 0.2) is 23.1 Å². The fourth-order valence-electron chi connectivity index (χ4n) is 4.25. The van der Waals surface area contributed by atoms with Gasteiger partial charge in [0.2, 0.25) is 11.6 Å². The molecule has 2 aromatic carbocycles. The second kappa shape index (κ2) is 10.9. The largest absolute Gasteiger partial charge is 0.491 e. The highest BCUT2D eigenvalue weighted by Crippen LogP contribution is 2.36. The van der Waals surface area contributed by atoms with Gasteiger partial charge >= 0.3 is 0 Å². The van der Waals surface area contributed by atoms with E-state index in [-0.39, 0.29) is 29.2 Å². The van der Waals surface area contributed by atoms with Gasteiger partial charge in [-0.15, -0.1) is 0 Å². The summed E-state index contributed by atoms with van der Waals surface area (Å²) < 4.78 is 68.4. The van der Waals surface area contributed by atoms with Crippen LogP contribution in [-0.4, -0.2) is 13.2 Å². The van der Waals surface area contributed by atoms with Crippen LogP contribution in [0.3, 0.4) is 0 Å². The highest BCUT2D eigenvalue weighted by molar-refractivity contribution is 5.67. The van der Waals surface area contributed by atoms with E-state index in [9.17, 15) is 17.6 Å². The summed E-state index contributed by atoms with van der Waals surface area (Å²) in [4.78, 5) is 0. The molecule has 1 aliphatic rings. The summed E-state index contributed by atoms with van der Waals surface area (Å²) in [6, 6.07) is 4.87. The number of hydrogen-bond acceptors (Lipinski definition) is 2. The Morgan fingerprint density at radius 1 is 0.710 bits per heavy atom. The summed E-state index contributed by atoms with van der Waals surface area (Å²) in [5.74, 6) is -4.36. The van der Waals surface area contributed by atoms with Gasteiger partial charge in [0, 0.05) is 11.1 Å². The number of hydrogen-bond donors (Lipinski definition) is 0. The maximum atomic E-state index is 14.7. The van der Waals surface area contributed by atoms with Crippen LogP contribution in [0, 0.1) is 35.1 Å². The molecule has 0 radical (unpaired) electrons. The standard InChI is InChI=1S/C25H30F4O2/c1-3-5-6-16-7-9-17(10-8-16)15-31-21-14-12-19(23(27)25(21)29)18-11-13-20(30-4-2)24(28)22(18)26/h11-14,16-17H,3-10,15H2,1-2H3/t16-,17-. The van der Waals surface area contributed by atoms with E-state index in [1.165, 1.54) is 43.5 Å². The van der Waals surface area contributed by atoms with Crippen molar-refractivity contribution in [3.63, 3.8) is 0 Å². The minimum absolute atomic E-state index is 0.158. The van der Waals surface area contributed by atoms with Gasteiger partial charge in [-0.05, 0) is 55.9 Å². The first-order chi connectivity index (χ1) is 15.0. The molecule has 0 N–H and O–H groups in total. The molecule has 3 rings (SSSR count). The van der Waals surface area contributed by atoms with Gasteiger partial charge in [0.05, 0.1) is 13.2 Å². The topological polar surface area (TPSA) is 18.5 Å². The Kier molecular flexibility index (Phi) is 8.22. The van der Waals surface area contributed by atoms with Gasteiger partial charge in [-0.25, -0.2) is 8.78 Å². The molecule has 0 unspecified atom stereocenters. The molecule has 0 bridgehead atoms. The normalized spacial score (nSPS) is 18.8. The van der Waals surface area contributed by atoms with Crippen LogP contribution in [0.4, 0.5) is 17.6 Å². The molecule has 0 saturated heterocycles. The lowest BCUT2D eigenvalue weighted by atomic mass is 9.80. The first-order valence-corrected chi connectivity index (χ1v) is 11.2. The van der Waals surface area contributed by atoms with Crippen molar-refractivity contribution >= 4 is 0 Å². The Labute approximate surface area is 181 Å². The van der Waals surface area contributed by atoms with Crippen molar-refractivity contribution in [1.29, 1.82) is 0 Å². The molecule has 6 heteroatoms. The zero-order valence-electron chi connectivity index (χ0n) is 18.2. The molecule has 2 aromatic rings. The first kappa shape index (κ1) is 23.4. The maximum absolute atomic E-state index is 14.7. The molecule has 0 aliphatic heterocycles. The smallest absolute Gasteiger partial charge is 0.201 e. The number of ether oxygens (including phenoxy) is 2. The van der Waals surface area contributed by atoms with Crippen LogP contribution in [0.2, 0.25) is 0 Å². The van der Waals surface area contributed by atoms with Crippen molar-refractivity contribution in [3.8, 4) is 22.6 Å². The van der Waals surface area contributed by atoms with Gasteiger partial charge < -0.3 is 9.47 Å². The number of halogens is 4. The van der Waals surface area contributed by atoms with Crippen molar-refractivity contribution in [2.75, 3.05) is 13.2 Å². The van der Waals surface area contributed by atoms with E-state index in [1.807, 2.05) is 0 Å². The Morgan fingerprint density at radius 2 is 1.23 bits per heavy atom. The second-order valence-corrected chi connectivity index (χ2v) is 8.25. The third-order valence-electron chi connectivity index (χ3n) is 6.09. The predicted molar refractivity (Wildman–Crippen MR) is 113 cm³/mol. The van der Waals surface area contributed by atoms with Crippen LogP contribution in [-0.2, 0) is 0 Å². The Balaban J connectivity index is 1.67. The van der Waals surface area contributed by atoms with E-state index in [4.69, 9.17) is 9.47 Å². The number of rotatable bonds is 9. The van der Waals surface area contributed by atoms with Gasteiger partial charge in [0.25, 0.3) is 0 Å². The maximum Gasteiger partial charge on any atom is 0.201 e. The van der Waals surface area contributed by atoms with Crippen molar-refractivity contribution in [1.82, 2.24) is 0 Å². The fraction of sp³-hybridized carbons (Fsp3) is 0.520. The monoisotopic (exact) mass is 438 g/mol. The zero-order valence-corrected chi connectivity index (χ0v) is 18.2. The molecule has 0 atom stereocenters. The molecule has 1 aliphatic carbocycles. The highest BCUT2D eigenvalue weighted by atomic mass is 19.2. The number of unbranched alkanes of at least 4 members (excludes halogenated alkanes) is 1. The average molecular weight is 439 g/mol. The molecular weight excluding hydrogens is 408 g/mol. The van der Waals surface area contributed by atoms with Crippen molar-refractivity contribution in [2.24, 2.45) is 11.8 Å². The Morgan fingerprint density at radius 3 is 1.74 bits per heavy atom. The zero-order chi connectivity index (χ0) is 22.4. The molecular formula is C25H30F4O2. The molecule has 2 nitrogen and oxygen atoms in total. The summed E-state index contributed by atoms with van der Waals surface area (Å²) in [7, 11) is 0. The van der Waals surface area contributed by atoms with Crippen LogP contribution in [0.1, 0.15) is 58.8 Å². The lowest BCUT2D eigenvalue weighted by Gasteiger charge is -2.28. The summed E-state index contributed by atoms with van der Waals surface area (Å²) in [6.45, 7) is 4.31. The van der Waals surface area contributed by atoms with Gasteiger partial charge in [-0.3, -0.25) is 0 Å². The molecule has 0 spiro atoms. The van der Waals surface area contributed by atoms with Gasteiger partial charge in [0.1, 0.15) is 0 Å². The van der Waals surface area contributed by atoms with Crippen LogP contribution in [0.15, 0.2) is 24.3 Å². The van der Waals surface area contributed by atoms with E-state index in [0.717, 1.165) is 31.6 Å². The minimum atomic E-state index is -1.28. The average Bonchev–Trinajstić information content (AvgIpc) is 2.78. The van der Waals surface area contributed by atoms with Crippen LogP contribution < -0.4 is 9.47 Å². The SMILES string of the molecule is CCCC[C@H]1CC[C@H](COc2ccc(-c3ccc(OCC)c(F)c3F)c(F)c2F)CC1. The summed E-state index contributed by atoms with van der Waals surface area (Å²) in [6.07, 6.45) is 8.05. The Hall–Kier alpha value is -2.24. The summed E-state index contributed by atoms with van der Waals surface area (Å²) in [5.41, 5.74) is -0.727. The molecule has 31 heavy (non-hydrogen) atoms. The van der Waals surface area contributed by atoms with Crippen LogP contribution in [0.5, 0.6) is 11.5 Å². The van der Waals surface area contributed by atoms with Gasteiger partial charge in [-0.1, -0.05) is 39.0 Å². The summed E-state index contributed by atoms with van der Waals surface area (Å²) in [5, 5.41) is 0. The quantitative estimate of drug-likeness (QED) is 0.374. The van der Waals surface area contributed by atoms with E-state index in [2.05, 4.69) is 6.92 Å². The molecule has 170 valence electrons. The van der Waals surface area contributed by atoms with E-state index >= 15 is 0 Å².